The molecule has 5 rings (SSSR count). The molecule has 0 radical (unpaired) electrons. The van der Waals surface area contributed by atoms with Crippen LogP contribution in [0.1, 0.15) is 49.4 Å². The molecule has 3 aromatic rings. The average Bonchev–Trinajstić information content (AvgIpc) is 3.60. The fraction of sp³-hybridized carbons (Fsp3) is 0.464. The van der Waals surface area contributed by atoms with E-state index in [0.717, 1.165) is 24.6 Å². The first-order chi connectivity index (χ1) is 17.6. The molecule has 8 heteroatoms. The van der Waals surface area contributed by atoms with E-state index in [0.29, 0.717) is 44.1 Å². The Kier molecular flexibility index (Phi) is 7.51. The average molecular weight is 489 g/mol. The van der Waals surface area contributed by atoms with Crippen molar-refractivity contribution in [1.82, 2.24) is 29.5 Å². The van der Waals surface area contributed by atoms with Gasteiger partial charge in [-0.25, -0.2) is 4.68 Å². The van der Waals surface area contributed by atoms with Gasteiger partial charge in [-0.2, -0.15) is 5.10 Å². The van der Waals surface area contributed by atoms with Crippen molar-refractivity contribution in [2.24, 2.45) is 5.92 Å². The summed E-state index contributed by atoms with van der Waals surface area (Å²) in [6, 6.07) is 14.3. The van der Waals surface area contributed by atoms with Crippen LogP contribution in [0.5, 0.6) is 0 Å². The van der Waals surface area contributed by atoms with Gasteiger partial charge >= 0.3 is 0 Å². The van der Waals surface area contributed by atoms with Crippen molar-refractivity contribution < 1.29 is 9.59 Å². The Bertz CT molecular complexity index is 1150. The van der Waals surface area contributed by atoms with E-state index in [2.05, 4.69) is 22.2 Å². The minimum atomic E-state index is -0.0428. The molecular formula is C28H36N6O2. The van der Waals surface area contributed by atoms with Crippen molar-refractivity contribution in [2.75, 3.05) is 32.7 Å². The molecule has 0 aliphatic carbocycles. The zero-order valence-corrected chi connectivity index (χ0v) is 21.1. The molecule has 2 aliphatic rings. The number of nitrogens with one attached hydrogen (secondary N) is 1. The van der Waals surface area contributed by atoms with Crippen LogP contribution in [0.15, 0.2) is 61.1 Å². The third-order valence-corrected chi connectivity index (χ3v) is 7.62. The van der Waals surface area contributed by atoms with Gasteiger partial charge in [-0.05, 0) is 63.4 Å². The zero-order valence-electron chi connectivity index (χ0n) is 21.1. The number of piperidine rings is 2. The lowest BCUT2D eigenvalue weighted by Gasteiger charge is -2.34. The molecule has 8 nitrogen and oxygen atoms in total. The Morgan fingerprint density at radius 3 is 2.44 bits per heavy atom. The molecule has 1 aromatic carbocycles. The van der Waals surface area contributed by atoms with Crippen LogP contribution in [-0.2, 0) is 4.79 Å². The Labute approximate surface area is 212 Å². The molecule has 0 spiro atoms. The molecule has 0 saturated carbocycles. The van der Waals surface area contributed by atoms with Crippen molar-refractivity contribution in [3.8, 4) is 11.5 Å². The van der Waals surface area contributed by atoms with Crippen molar-refractivity contribution >= 4 is 11.8 Å². The second-order valence-electron chi connectivity index (χ2n) is 9.96. The Morgan fingerprint density at radius 1 is 0.972 bits per heavy atom. The molecule has 190 valence electrons. The summed E-state index contributed by atoms with van der Waals surface area (Å²) in [5.74, 6) is 0.766. The number of benzene rings is 1. The number of carbonyl (C=O) groups is 2. The minimum absolute atomic E-state index is 0.0382. The summed E-state index contributed by atoms with van der Waals surface area (Å²) < 4.78 is 3.73. The highest BCUT2D eigenvalue weighted by molar-refractivity contribution is 5.97. The van der Waals surface area contributed by atoms with E-state index >= 15 is 0 Å². The molecular weight excluding hydrogens is 452 g/mol. The van der Waals surface area contributed by atoms with Crippen LogP contribution in [0, 0.1) is 5.92 Å². The predicted molar refractivity (Wildman–Crippen MR) is 139 cm³/mol. The van der Waals surface area contributed by atoms with Crippen LogP contribution in [0.2, 0.25) is 0 Å². The summed E-state index contributed by atoms with van der Waals surface area (Å²) >= 11 is 0. The zero-order chi connectivity index (χ0) is 24.9. The van der Waals surface area contributed by atoms with Gasteiger partial charge in [-0.3, -0.25) is 14.5 Å². The van der Waals surface area contributed by atoms with Crippen LogP contribution >= 0.6 is 0 Å². The fourth-order valence-corrected chi connectivity index (χ4v) is 5.45. The summed E-state index contributed by atoms with van der Waals surface area (Å²) in [6.45, 7) is 6.16. The largest absolute Gasteiger partial charge is 0.355 e. The topological polar surface area (TPSA) is 75.4 Å². The second kappa shape index (κ2) is 11.1. The van der Waals surface area contributed by atoms with E-state index in [9.17, 15) is 9.59 Å². The van der Waals surface area contributed by atoms with Crippen molar-refractivity contribution in [1.29, 1.82) is 0 Å². The quantitative estimate of drug-likeness (QED) is 0.552. The lowest BCUT2D eigenvalue weighted by Crippen LogP contribution is -2.46. The molecule has 2 fully saturated rings. The number of hydrogen-bond acceptors (Lipinski definition) is 4. The maximum atomic E-state index is 13.6. The third-order valence-electron chi connectivity index (χ3n) is 7.62. The van der Waals surface area contributed by atoms with Gasteiger partial charge in [0.15, 0.2) is 5.82 Å². The number of rotatable bonds is 7. The first-order valence-corrected chi connectivity index (χ1v) is 13.2. The number of nitrogens with zero attached hydrogens (tertiary/aromatic N) is 5. The van der Waals surface area contributed by atoms with Crippen LogP contribution < -0.4 is 5.32 Å². The third kappa shape index (κ3) is 5.23. The van der Waals surface area contributed by atoms with Gasteiger partial charge in [0.05, 0.1) is 11.9 Å². The molecule has 2 aromatic heterocycles. The Morgan fingerprint density at radius 2 is 1.72 bits per heavy atom. The highest BCUT2D eigenvalue weighted by atomic mass is 16.2. The Hall–Kier alpha value is -3.39. The van der Waals surface area contributed by atoms with E-state index < -0.39 is 0 Å². The molecule has 0 bridgehead atoms. The van der Waals surface area contributed by atoms with Gasteiger partial charge in [0, 0.05) is 50.5 Å². The molecule has 36 heavy (non-hydrogen) atoms. The van der Waals surface area contributed by atoms with Gasteiger partial charge in [-0.1, -0.05) is 24.6 Å². The van der Waals surface area contributed by atoms with Crippen molar-refractivity contribution in [3.63, 3.8) is 0 Å². The summed E-state index contributed by atoms with van der Waals surface area (Å²) in [4.78, 5) is 30.7. The number of aromatic nitrogens is 3. The number of para-hydroxylation sites is 1. The van der Waals surface area contributed by atoms with E-state index in [1.165, 1.54) is 19.3 Å². The number of likely N-dealkylation sites (tertiary alicyclic amines) is 2. The molecule has 0 unspecified atom stereocenters. The minimum Gasteiger partial charge on any atom is -0.355 e. The lowest BCUT2D eigenvalue weighted by molar-refractivity contribution is -0.126. The van der Waals surface area contributed by atoms with Gasteiger partial charge in [0.2, 0.25) is 5.91 Å². The SMILES string of the molecule is C[C@@H]1CCCCN1CCNC(=O)C1CCN(C(=O)c2cnn(-c3ccccc3)c2-n2cccc2)CC1. The van der Waals surface area contributed by atoms with Crippen LogP contribution in [0.25, 0.3) is 11.5 Å². The van der Waals surface area contributed by atoms with Gasteiger partial charge < -0.3 is 14.8 Å². The molecule has 2 aliphatic heterocycles. The van der Waals surface area contributed by atoms with Gasteiger partial charge in [0.1, 0.15) is 5.56 Å². The van der Waals surface area contributed by atoms with E-state index in [1.807, 2.05) is 64.3 Å². The second-order valence-corrected chi connectivity index (χ2v) is 9.96. The predicted octanol–water partition coefficient (Wildman–Crippen LogP) is 3.51. The standard InChI is InChI=1S/C28H36N6O2/c1-22-9-5-6-15-31(22)20-14-29-26(35)23-12-18-33(19-13-23)28(36)25-21-30-34(24-10-3-2-4-11-24)27(25)32-16-7-8-17-32/h2-4,7-8,10-11,16-17,21-23H,5-6,9,12-15,18-20H2,1H3,(H,29,35)/t22-/m1/s1. The normalized spacial score (nSPS) is 19.4. The highest BCUT2D eigenvalue weighted by Gasteiger charge is 2.30. The maximum Gasteiger partial charge on any atom is 0.259 e. The monoisotopic (exact) mass is 488 g/mol. The van der Waals surface area contributed by atoms with Crippen molar-refractivity contribution in [3.05, 3.63) is 66.6 Å². The number of hydrogen-bond donors (Lipinski definition) is 1. The lowest BCUT2D eigenvalue weighted by atomic mass is 9.95. The molecule has 2 saturated heterocycles. The fourth-order valence-electron chi connectivity index (χ4n) is 5.45. The molecule has 1 N–H and O–H groups in total. The van der Waals surface area contributed by atoms with Crippen LogP contribution in [0.3, 0.4) is 0 Å². The van der Waals surface area contributed by atoms with Gasteiger partial charge in [0.25, 0.3) is 5.91 Å². The first-order valence-electron chi connectivity index (χ1n) is 13.2. The van der Waals surface area contributed by atoms with E-state index in [4.69, 9.17) is 0 Å². The summed E-state index contributed by atoms with van der Waals surface area (Å²) in [5, 5.41) is 7.70. The van der Waals surface area contributed by atoms with Crippen LogP contribution in [0.4, 0.5) is 0 Å². The van der Waals surface area contributed by atoms with E-state index in [-0.39, 0.29) is 17.7 Å². The molecule has 1 atom stereocenters. The first kappa shape index (κ1) is 24.3. The smallest absolute Gasteiger partial charge is 0.259 e. The number of carbonyl (C=O) groups excluding carboxylic acids is 2. The van der Waals surface area contributed by atoms with Crippen LogP contribution in [-0.4, -0.2) is 74.7 Å². The Balaban J connectivity index is 1.20. The molecule has 2 amide bonds. The molecule has 4 heterocycles. The summed E-state index contributed by atoms with van der Waals surface area (Å²) in [7, 11) is 0. The highest BCUT2D eigenvalue weighted by Crippen LogP contribution is 2.24. The van der Waals surface area contributed by atoms with E-state index in [1.54, 1.807) is 10.9 Å². The van der Waals surface area contributed by atoms with Gasteiger partial charge in [-0.15, -0.1) is 0 Å². The summed E-state index contributed by atoms with van der Waals surface area (Å²) in [6.07, 6.45) is 10.7. The summed E-state index contributed by atoms with van der Waals surface area (Å²) in [5.41, 5.74) is 1.46. The van der Waals surface area contributed by atoms with Crippen molar-refractivity contribution in [2.45, 2.75) is 45.1 Å². The maximum absolute atomic E-state index is 13.6. The number of amides is 2.